The van der Waals surface area contributed by atoms with Gasteiger partial charge in [-0.2, -0.15) is 0 Å². The van der Waals surface area contributed by atoms with Crippen LogP contribution in [0.2, 0.25) is 0 Å². The molecule has 1 aromatic carbocycles. The maximum atomic E-state index is 10.8. The Morgan fingerprint density at radius 2 is 2.22 bits per heavy atom. The molecule has 96 valence electrons. The van der Waals surface area contributed by atoms with Crippen molar-refractivity contribution < 1.29 is 20.1 Å². The van der Waals surface area contributed by atoms with Crippen LogP contribution < -0.4 is 10.6 Å². The number of anilines is 1. The molecule has 0 radical (unpaired) electrons. The number of rotatable bonds is 3. The van der Waals surface area contributed by atoms with Crippen molar-refractivity contribution in [2.24, 2.45) is 4.99 Å². The molecule has 5 N–H and O–H groups in total. The Balaban J connectivity index is 2.14. The molecule has 2 rings (SSSR count). The second kappa shape index (κ2) is 5.03. The number of carboxylic acids is 1. The molecule has 2 unspecified atom stereocenters. The zero-order valence-electron chi connectivity index (χ0n) is 9.37. The smallest absolute Gasteiger partial charge is 0.335 e. The number of aliphatic hydroxyl groups is 1. The van der Waals surface area contributed by atoms with E-state index in [0.29, 0.717) is 12.2 Å². The van der Waals surface area contributed by atoms with Crippen molar-refractivity contribution >= 4 is 17.9 Å². The van der Waals surface area contributed by atoms with Gasteiger partial charge in [-0.15, -0.1) is 0 Å². The van der Waals surface area contributed by atoms with Crippen molar-refractivity contribution in [3.63, 3.8) is 0 Å². The van der Waals surface area contributed by atoms with Gasteiger partial charge in [-0.1, -0.05) is 0 Å². The van der Waals surface area contributed by atoms with E-state index in [1.165, 1.54) is 18.3 Å². The highest BCUT2D eigenvalue weighted by Crippen LogP contribution is 2.20. The predicted octanol–water partition coefficient (Wildman–Crippen LogP) is -0.179. The zero-order valence-corrected chi connectivity index (χ0v) is 9.37. The monoisotopic (exact) mass is 251 g/mol. The molecule has 0 fully saturated rings. The minimum absolute atomic E-state index is 0.0164. The Morgan fingerprint density at radius 1 is 1.44 bits per heavy atom. The van der Waals surface area contributed by atoms with Crippen LogP contribution in [0.5, 0.6) is 5.75 Å². The molecule has 1 aromatic rings. The summed E-state index contributed by atoms with van der Waals surface area (Å²) in [5.74, 6) is -1.26. The lowest BCUT2D eigenvalue weighted by atomic mass is 10.2. The molecule has 2 atom stereocenters. The van der Waals surface area contributed by atoms with Gasteiger partial charge in [0.1, 0.15) is 11.9 Å². The predicted molar refractivity (Wildman–Crippen MR) is 65.0 cm³/mol. The highest BCUT2D eigenvalue weighted by molar-refractivity contribution is 5.89. The third-order valence-electron chi connectivity index (χ3n) is 2.40. The Kier molecular flexibility index (Phi) is 3.45. The molecule has 0 aliphatic carbocycles. The van der Waals surface area contributed by atoms with Crippen molar-refractivity contribution in [2.75, 3.05) is 11.9 Å². The Labute approximate surface area is 103 Å². The number of hydrogen-bond donors (Lipinski definition) is 5. The van der Waals surface area contributed by atoms with Crippen molar-refractivity contribution in [3.05, 3.63) is 23.8 Å². The summed E-state index contributed by atoms with van der Waals surface area (Å²) in [6.45, 7) is 0.353. The number of phenolic OH excluding ortho intramolecular Hbond substituents is 1. The summed E-state index contributed by atoms with van der Waals surface area (Å²) in [6, 6.07) is 3.95. The van der Waals surface area contributed by atoms with Crippen LogP contribution in [0.3, 0.4) is 0 Å². The number of aliphatic imine (C=N–C) groups is 1. The van der Waals surface area contributed by atoms with E-state index < -0.39 is 18.4 Å². The van der Waals surface area contributed by atoms with Gasteiger partial charge in [0.15, 0.2) is 6.29 Å². The topological polar surface area (TPSA) is 114 Å². The van der Waals surface area contributed by atoms with Crippen molar-refractivity contribution in [1.82, 2.24) is 5.32 Å². The van der Waals surface area contributed by atoms with Gasteiger partial charge >= 0.3 is 5.97 Å². The van der Waals surface area contributed by atoms with Crippen LogP contribution in [-0.2, 0) is 0 Å². The fourth-order valence-electron chi connectivity index (χ4n) is 1.59. The number of nitrogens with zero attached hydrogens (tertiary/aromatic N) is 1. The lowest BCUT2D eigenvalue weighted by Gasteiger charge is -2.22. The molecule has 0 amide bonds. The minimum Gasteiger partial charge on any atom is -0.508 e. The first-order valence-corrected chi connectivity index (χ1v) is 5.33. The van der Waals surface area contributed by atoms with Crippen LogP contribution in [0.4, 0.5) is 5.69 Å². The minimum atomic E-state index is -1.12. The second-order valence-electron chi connectivity index (χ2n) is 3.89. The van der Waals surface area contributed by atoms with Crippen LogP contribution in [-0.4, -0.2) is 46.4 Å². The highest BCUT2D eigenvalue weighted by Gasteiger charge is 2.14. The number of aromatic hydroxyl groups is 1. The number of carbonyl (C=O) groups is 1. The molecule has 7 heteroatoms. The fraction of sp³-hybridized carbons (Fsp3) is 0.273. The van der Waals surface area contributed by atoms with Gasteiger partial charge in [0, 0.05) is 24.5 Å². The summed E-state index contributed by atoms with van der Waals surface area (Å²) in [4.78, 5) is 14.8. The Bertz CT molecular complexity index is 489. The average Bonchev–Trinajstić information content (AvgIpc) is 2.31. The average molecular weight is 251 g/mol. The van der Waals surface area contributed by atoms with Crippen molar-refractivity contribution in [1.29, 1.82) is 0 Å². The van der Waals surface area contributed by atoms with Gasteiger partial charge in [0.25, 0.3) is 0 Å². The van der Waals surface area contributed by atoms with Crippen LogP contribution in [0.1, 0.15) is 10.4 Å². The van der Waals surface area contributed by atoms with Gasteiger partial charge in [-0.3, -0.25) is 10.3 Å². The lowest BCUT2D eigenvalue weighted by molar-refractivity contribution is 0.0696. The maximum Gasteiger partial charge on any atom is 0.335 e. The van der Waals surface area contributed by atoms with E-state index in [2.05, 4.69) is 15.6 Å². The molecular weight excluding hydrogens is 238 g/mol. The molecular formula is C11H13N3O4. The summed E-state index contributed by atoms with van der Waals surface area (Å²) in [5.41, 5.74) is 0.413. The number of aliphatic hydroxyl groups excluding tert-OH is 1. The SMILES string of the molecule is O=C(O)c1cc(O)cc(NC2N=CC(O)CN2)c1. The van der Waals surface area contributed by atoms with E-state index in [-0.39, 0.29) is 11.3 Å². The quantitative estimate of drug-likeness (QED) is 0.509. The molecule has 18 heavy (non-hydrogen) atoms. The standard InChI is InChI=1S/C11H13N3O4/c15-8-2-6(10(17)18)1-7(3-8)14-11-12-4-9(16)5-13-11/h1-4,9,11,13-16H,5H2,(H,17,18). The number of carboxylic acid groups (broad SMARTS) is 1. The third-order valence-corrected chi connectivity index (χ3v) is 2.40. The van der Waals surface area contributed by atoms with Gasteiger partial charge in [0.05, 0.1) is 5.56 Å². The molecule has 0 spiro atoms. The zero-order chi connectivity index (χ0) is 13.1. The normalized spacial score (nSPS) is 22.7. The second-order valence-corrected chi connectivity index (χ2v) is 3.89. The fourth-order valence-corrected chi connectivity index (χ4v) is 1.59. The van der Waals surface area contributed by atoms with Crippen molar-refractivity contribution in [3.8, 4) is 5.75 Å². The maximum absolute atomic E-state index is 10.8. The van der Waals surface area contributed by atoms with Gasteiger partial charge in [-0.05, 0) is 12.1 Å². The number of aromatic carboxylic acids is 1. The Morgan fingerprint density at radius 3 is 2.83 bits per heavy atom. The summed E-state index contributed by atoms with van der Waals surface area (Å²) < 4.78 is 0. The molecule has 0 saturated heterocycles. The van der Waals surface area contributed by atoms with Crippen molar-refractivity contribution in [2.45, 2.75) is 12.4 Å². The van der Waals surface area contributed by atoms with Crippen LogP contribution in [0.25, 0.3) is 0 Å². The molecule has 7 nitrogen and oxygen atoms in total. The van der Waals surface area contributed by atoms with Crippen LogP contribution >= 0.6 is 0 Å². The first kappa shape index (κ1) is 12.3. The number of phenols is 1. The molecule has 0 aromatic heterocycles. The first-order valence-electron chi connectivity index (χ1n) is 5.33. The van der Waals surface area contributed by atoms with E-state index in [1.807, 2.05) is 0 Å². The summed E-state index contributed by atoms with van der Waals surface area (Å²) in [6.07, 6.45) is 0.313. The van der Waals surface area contributed by atoms with E-state index >= 15 is 0 Å². The summed E-state index contributed by atoms with van der Waals surface area (Å²) in [7, 11) is 0. The number of hydrogen-bond acceptors (Lipinski definition) is 6. The van der Waals surface area contributed by atoms with E-state index in [0.717, 1.165) is 6.07 Å². The Hall–Kier alpha value is -2.12. The number of nitrogens with one attached hydrogen (secondary N) is 2. The summed E-state index contributed by atoms with van der Waals surface area (Å²) >= 11 is 0. The first-order chi connectivity index (χ1) is 8.54. The third kappa shape index (κ3) is 2.96. The van der Waals surface area contributed by atoms with Gasteiger partial charge < -0.3 is 20.6 Å². The molecule has 1 aliphatic rings. The summed E-state index contributed by atoms with van der Waals surface area (Å²) in [5, 5.41) is 33.3. The number of β-amino-alcohol motifs (C(OH)–C–C–N with tert-alkyl or cyclic N) is 1. The van der Waals surface area contributed by atoms with E-state index in [4.69, 9.17) is 5.11 Å². The largest absolute Gasteiger partial charge is 0.508 e. The molecule has 1 aliphatic heterocycles. The highest BCUT2D eigenvalue weighted by atomic mass is 16.4. The molecule has 1 heterocycles. The number of benzene rings is 1. The molecule has 0 bridgehead atoms. The van der Waals surface area contributed by atoms with E-state index in [9.17, 15) is 15.0 Å². The van der Waals surface area contributed by atoms with E-state index in [1.54, 1.807) is 0 Å². The van der Waals surface area contributed by atoms with Gasteiger partial charge in [-0.25, -0.2) is 4.79 Å². The lowest BCUT2D eigenvalue weighted by Crippen LogP contribution is -2.44. The van der Waals surface area contributed by atoms with Crippen LogP contribution in [0.15, 0.2) is 23.2 Å². The van der Waals surface area contributed by atoms with Gasteiger partial charge in [0.2, 0.25) is 0 Å². The molecule has 0 saturated carbocycles. The van der Waals surface area contributed by atoms with Crippen LogP contribution in [0, 0.1) is 0 Å².